The smallest absolute Gasteiger partial charge is 0.225 e. The average molecular weight is 193 g/mol. The van der Waals surface area contributed by atoms with Crippen LogP contribution in [0.2, 0.25) is 0 Å². The topological polar surface area (TPSA) is 49.2 Å². The van der Waals surface area contributed by atoms with Crippen molar-refractivity contribution in [3.05, 3.63) is 18.5 Å². The van der Waals surface area contributed by atoms with E-state index in [-0.39, 0.29) is 12.6 Å². The normalized spacial score (nSPS) is 22.4. The Morgan fingerprint density at radius 2 is 2.14 bits per heavy atom. The van der Waals surface area contributed by atoms with E-state index in [9.17, 15) is 5.11 Å². The van der Waals surface area contributed by atoms with E-state index in [1.54, 1.807) is 18.5 Å². The highest BCUT2D eigenvalue weighted by molar-refractivity contribution is 5.31. The van der Waals surface area contributed by atoms with Crippen molar-refractivity contribution in [3.8, 4) is 0 Å². The van der Waals surface area contributed by atoms with Gasteiger partial charge >= 0.3 is 0 Å². The second kappa shape index (κ2) is 4.37. The van der Waals surface area contributed by atoms with Crippen molar-refractivity contribution in [1.29, 1.82) is 0 Å². The lowest BCUT2D eigenvalue weighted by molar-refractivity contribution is 0.239. The van der Waals surface area contributed by atoms with Gasteiger partial charge in [0.15, 0.2) is 0 Å². The molecule has 0 aromatic carbocycles. The molecule has 1 fully saturated rings. The molecule has 14 heavy (non-hydrogen) atoms. The van der Waals surface area contributed by atoms with E-state index in [0.717, 1.165) is 25.3 Å². The molecule has 1 N–H and O–H groups in total. The number of aliphatic hydroxyl groups excluding tert-OH is 1. The Labute approximate surface area is 83.6 Å². The molecule has 1 saturated heterocycles. The molecule has 2 rings (SSSR count). The van der Waals surface area contributed by atoms with Crippen LogP contribution in [-0.4, -0.2) is 34.3 Å². The highest BCUT2D eigenvalue weighted by atomic mass is 16.3. The predicted octanol–water partition coefficient (Wildman–Crippen LogP) is 0.828. The van der Waals surface area contributed by atoms with Crippen LogP contribution in [0, 0.1) is 0 Å². The molecular weight excluding hydrogens is 178 g/mol. The summed E-state index contributed by atoms with van der Waals surface area (Å²) in [6, 6.07) is 2.01. The van der Waals surface area contributed by atoms with Gasteiger partial charge in [0, 0.05) is 18.9 Å². The molecule has 0 radical (unpaired) electrons. The molecule has 0 unspecified atom stereocenters. The van der Waals surface area contributed by atoms with Crippen molar-refractivity contribution in [3.63, 3.8) is 0 Å². The lowest BCUT2D eigenvalue weighted by Gasteiger charge is -2.34. The summed E-state index contributed by atoms with van der Waals surface area (Å²) in [7, 11) is 0. The van der Waals surface area contributed by atoms with Gasteiger partial charge in [-0.05, 0) is 25.3 Å². The van der Waals surface area contributed by atoms with E-state index in [0.29, 0.717) is 0 Å². The van der Waals surface area contributed by atoms with Crippen LogP contribution in [0.25, 0.3) is 0 Å². The maximum Gasteiger partial charge on any atom is 0.225 e. The number of nitrogens with zero attached hydrogens (tertiary/aromatic N) is 3. The molecule has 0 aliphatic carbocycles. The van der Waals surface area contributed by atoms with Gasteiger partial charge in [0.05, 0.1) is 12.6 Å². The summed E-state index contributed by atoms with van der Waals surface area (Å²) >= 11 is 0. The minimum Gasteiger partial charge on any atom is -0.394 e. The van der Waals surface area contributed by atoms with Gasteiger partial charge in [-0.25, -0.2) is 9.97 Å². The highest BCUT2D eigenvalue weighted by Crippen LogP contribution is 2.20. The van der Waals surface area contributed by atoms with Crippen LogP contribution in [-0.2, 0) is 0 Å². The van der Waals surface area contributed by atoms with Gasteiger partial charge in [0.25, 0.3) is 0 Å². The lowest BCUT2D eigenvalue weighted by Crippen LogP contribution is -2.42. The summed E-state index contributed by atoms with van der Waals surface area (Å²) in [4.78, 5) is 10.5. The van der Waals surface area contributed by atoms with Crippen molar-refractivity contribution < 1.29 is 5.11 Å². The molecule has 2 heterocycles. The van der Waals surface area contributed by atoms with Gasteiger partial charge in [-0.3, -0.25) is 0 Å². The zero-order valence-corrected chi connectivity index (χ0v) is 8.13. The fourth-order valence-corrected chi connectivity index (χ4v) is 1.89. The van der Waals surface area contributed by atoms with Crippen molar-refractivity contribution in [2.75, 3.05) is 18.1 Å². The molecule has 0 bridgehead atoms. The van der Waals surface area contributed by atoms with Crippen LogP contribution in [0.5, 0.6) is 0 Å². The Morgan fingerprint density at radius 1 is 1.36 bits per heavy atom. The van der Waals surface area contributed by atoms with Gasteiger partial charge in [-0.1, -0.05) is 0 Å². The first-order valence-electron chi connectivity index (χ1n) is 5.06. The first-order valence-corrected chi connectivity index (χ1v) is 5.06. The number of hydrogen-bond donors (Lipinski definition) is 1. The summed E-state index contributed by atoms with van der Waals surface area (Å²) < 4.78 is 0. The summed E-state index contributed by atoms with van der Waals surface area (Å²) in [6.07, 6.45) is 6.87. The monoisotopic (exact) mass is 193 g/mol. The van der Waals surface area contributed by atoms with Gasteiger partial charge in [-0.2, -0.15) is 0 Å². The molecule has 76 valence electrons. The second-order valence-corrected chi connectivity index (χ2v) is 3.57. The minimum absolute atomic E-state index is 0.193. The molecule has 0 saturated carbocycles. The zero-order chi connectivity index (χ0) is 9.80. The van der Waals surface area contributed by atoms with E-state index >= 15 is 0 Å². The van der Waals surface area contributed by atoms with Gasteiger partial charge in [-0.15, -0.1) is 0 Å². The van der Waals surface area contributed by atoms with Gasteiger partial charge in [0.2, 0.25) is 5.95 Å². The maximum atomic E-state index is 9.23. The third-order valence-corrected chi connectivity index (χ3v) is 2.65. The van der Waals surface area contributed by atoms with Crippen LogP contribution < -0.4 is 4.90 Å². The molecule has 1 aliphatic rings. The number of aromatic nitrogens is 2. The minimum atomic E-state index is 0.193. The van der Waals surface area contributed by atoms with Crippen LogP contribution in [0.4, 0.5) is 5.95 Å². The van der Waals surface area contributed by atoms with Crippen molar-refractivity contribution >= 4 is 5.95 Å². The molecule has 1 atom stereocenters. The Bertz CT molecular complexity index is 278. The molecule has 1 aromatic rings. The largest absolute Gasteiger partial charge is 0.394 e. The number of hydrogen-bond acceptors (Lipinski definition) is 4. The van der Waals surface area contributed by atoms with E-state index in [2.05, 4.69) is 14.9 Å². The molecule has 4 heteroatoms. The zero-order valence-electron chi connectivity index (χ0n) is 8.13. The van der Waals surface area contributed by atoms with Crippen LogP contribution in [0.15, 0.2) is 18.5 Å². The standard InChI is InChI=1S/C10H15N3O/c14-8-9-4-1-2-7-13(9)10-11-5-3-6-12-10/h3,5-6,9,14H,1-2,4,7-8H2/t9-/m0/s1. The van der Waals surface area contributed by atoms with E-state index in [4.69, 9.17) is 0 Å². The fraction of sp³-hybridized carbons (Fsp3) is 0.600. The summed E-state index contributed by atoms with van der Waals surface area (Å²) in [6.45, 7) is 1.15. The fourth-order valence-electron chi connectivity index (χ4n) is 1.89. The molecule has 4 nitrogen and oxygen atoms in total. The average Bonchev–Trinajstić information content (AvgIpc) is 2.30. The lowest BCUT2D eigenvalue weighted by atomic mass is 10.0. The first kappa shape index (κ1) is 9.40. The summed E-state index contributed by atoms with van der Waals surface area (Å²) in [5, 5.41) is 9.23. The molecule has 0 amide bonds. The highest BCUT2D eigenvalue weighted by Gasteiger charge is 2.23. The third kappa shape index (κ3) is 1.85. The van der Waals surface area contributed by atoms with Crippen molar-refractivity contribution in [2.24, 2.45) is 0 Å². The third-order valence-electron chi connectivity index (χ3n) is 2.65. The predicted molar refractivity (Wildman–Crippen MR) is 54.1 cm³/mol. The number of piperidine rings is 1. The van der Waals surface area contributed by atoms with Crippen molar-refractivity contribution in [1.82, 2.24) is 9.97 Å². The maximum absolute atomic E-state index is 9.23. The van der Waals surface area contributed by atoms with E-state index < -0.39 is 0 Å². The second-order valence-electron chi connectivity index (χ2n) is 3.57. The van der Waals surface area contributed by atoms with Gasteiger partial charge in [0.1, 0.15) is 0 Å². The Hall–Kier alpha value is -1.16. The van der Waals surface area contributed by atoms with Crippen LogP contribution >= 0.6 is 0 Å². The Kier molecular flexibility index (Phi) is 2.93. The van der Waals surface area contributed by atoms with Gasteiger partial charge < -0.3 is 10.0 Å². The van der Waals surface area contributed by atoms with E-state index in [1.165, 1.54) is 6.42 Å². The molecule has 0 spiro atoms. The van der Waals surface area contributed by atoms with E-state index in [1.807, 2.05) is 0 Å². The summed E-state index contributed by atoms with van der Waals surface area (Å²) in [5.74, 6) is 0.742. The Balaban J connectivity index is 2.15. The number of anilines is 1. The van der Waals surface area contributed by atoms with Crippen LogP contribution in [0.3, 0.4) is 0 Å². The van der Waals surface area contributed by atoms with Crippen molar-refractivity contribution in [2.45, 2.75) is 25.3 Å². The SMILES string of the molecule is OC[C@@H]1CCCCN1c1ncccn1. The molecule has 1 aliphatic heterocycles. The molecular formula is C10H15N3O. The van der Waals surface area contributed by atoms with Crippen LogP contribution in [0.1, 0.15) is 19.3 Å². The number of rotatable bonds is 2. The molecule has 1 aromatic heterocycles. The first-order chi connectivity index (χ1) is 6.92. The number of aliphatic hydroxyl groups is 1. The summed E-state index contributed by atoms with van der Waals surface area (Å²) in [5.41, 5.74) is 0. The quantitative estimate of drug-likeness (QED) is 0.755. The Morgan fingerprint density at radius 3 is 2.86 bits per heavy atom.